The van der Waals surface area contributed by atoms with Gasteiger partial charge in [0.2, 0.25) is 0 Å². The molecule has 2 heteroatoms. The Balaban J connectivity index is 1.84. The van der Waals surface area contributed by atoms with Crippen molar-refractivity contribution in [3.63, 3.8) is 0 Å². The van der Waals surface area contributed by atoms with Gasteiger partial charge in [-0.3, -0.25) is 4.79 Å². The molecule has 2 rings (SSSR count). The first-order valence-corrected chi connectivity index (χ1v) is 6.02. The van der Waals surface area contributed by atoms with Crippen LogP contribution < -0.4 is 0 Å². The van der Waals surface area contributed by atoms with Crippen molar-refractivity contribution in [3.8, 4) is 0 Å². The zero-order chi connectivity index (χ0) is 10.8. The van der Waals surface area contributed by atoms with Crippen LogP contribution in [0.2, 0.25) is 0 Å². The van der Waals surface area contributed by atoms with Crippen LogP contribution in [0.1, 0.15) is 32.6 Å². The highest BCUT2D eigenvalue weighted by molar-refractivity contribution is 5.68. The molecule has 0 spiro atoms. The molecule has 0 radical (unpaired) electrons. The number of esters is 1. The Morgan fingerprint density at radius 3 is 2.87 bits per heavy atom. The van der Waals surface area contributed by atoms with Gasteiger partial charge in [0, 0.05) is 6.42 Å². The molecule has 0 aliphatic heterocycles. The molecule has 0 saturated heterocycles. The van der Waals surface area contributed by atoms with Crippen LogP contribution in [0.3, 0.4) is 0 Å². The number of carbonyl (C=O) groups excluding carboxylic acids is 1. The summed E-state index contributed by atoms with van der Waals surface area (Å²) in [5, 5.41) is 0. The van der Waals surface area contributed by atoms with Crippen molar-refractivity contribution in [1.29, 1.82) is 0 Å². The van der Waals surface area contributed by atoms with Crippen LogP contribution in [0.5, 0.6) is 0 Å². The quantitative estimate of drug-likeness (QED) is 0.524. The predicted octanol–water partition coefficient (Wildman–Crippen LogP) is 2.79. The minimum Gasteiger partial charge on any atom is -0.465 e. The van der Waals surface area contributed by atoms with Gasteiger partial charge in [-0.25, -0.2) is 0 Å². The molecule has 0 heterocycles. The Kier molecular flexibility index (Phi) is 3.13. The van der Waals surface area contributed by atoms with E-state index in [1.165, 1.54) is 19.3 Å². The van der Waals surface area contributed by atoms with E-state index in [0.29, 0.717) is 24.9 Å². The molecule has 0 amide bonds. The lowest BCUT2D eigenvalue weighted by atomic mass is 9.81. The van der Waals surface area contributed by atoms with E-state index < -0.39 is 0 Å². The van der Waals surface area contributed by atoms with Crippen molar-refractivity contribution >= 4 is 5.97 Å². The van der Waals surface area contributed by atoms with E-state index >= 15 is 0 Å². The topological polar surface area (TPSA) is 26.3 Å². The molecule has 0 N–H and O–H groups in total. The van der Waals surface area contributed by atoms with Crippen LogP contribution in [-0.4, -0.2) is 12.6 Å². The first kappa shape index (κ1) is 10.7. The summed E-state index contributed by atoms with van der Waals surface area (Å²) in [5.74, 6) is 2.81. The second kappa shape index (κ2) is 4.38. The van der Waals surface area contributed by atoms with Gasteiger partial charge in [0.05, 0.1) is 6.61 Å². The molecule has 84 valence electrons. The zero-order valence-electron chi connectivity index (χ0n) is 9.45. The summed E-state index contributed by atoms with van der Waals surface area (Å²) in [7, 11) is 0. The molecule has 15 heavy (non-hydrogen) atoms. The number of hydrogen-bond acceptors (Lipinski definition) is 2. The number of fused-ring (bicyclic) bond motifs is 2. The van der Waals surface area contributed by atoms with Crippen molar-refractivity contribution in [2.45, 2.75) is 32.6 Å². The van der Waals surface area contributed by atoms with Gasteiger partial charge in [-0.1, -0.05) is 13.0 Å². The third-order valence-corrected chi connectivity index (χ3v) is 4.05. The van der Waals surface area contributed by atoms with Crippen molar-refractivity contribution in [2.24, 2.45) is 23.7 Å². The second-order valence-corrected chi connectivity index (χ2v) is 4.93. The van der Waals surface area contributed by atoms with Gasteiger partial charge >= 0.3 is 5.97 Å². The molecule has 4 unspecified atom stereocenters. The lowest BCUT2D eigenvalue weighted by Crippen LogP contribution is -2.24. The van der Waals surface area contributed by atoms with Crippen LogP contribution in [0, 0.1) is 23.7 Å². The maximum absolute atomic E-state index is 11.1. The van der Waals surface area contributed by atoms with E-state index in [9.17, 15) is 4.79 Å². The predicted molar refractivity (Wildman–Crippen MR) is 59.3 cm³/mol. The largest absolute Gasteiger partial charge is 0.465 e. The first-order valence-electron chi connectivity index (χ1n) is 6.02. The molecular weight excluding hydrogens is 188 g/mol. The van der Waals surface area contributed by atoms with Gasteiger partial charge in [-0.05, 0) is 42.9 Å². The number of allylic oxidation sites excluding steroid dienone is 1. The lowest BCUT2D eigenvalue weighted by Gasteiger charge is -2.26. The van der Waals surface area contributed by atoms with Crippen LogP contribution in [0.15, 0.2) is 12.7 Å². The fraction of sp³-hybridized carbons (Fsp3) is 0.769. The Hall–Kier alpha value is -0.790. The zero-order valence-corrected chi connectivity index (χ0v) is 9.45. The molecule has 4 atom stereocenters. The molecule has 2 nitrogen and oxygen atoms in total. The van der Waals surface area contributed by atoms with E-state index in [1.807, 2.05) is 6.92 Å². The normalized spacial score (nSPS) is 37.9. The van der Waals surface area contributed by atoms with Crippen molar-refractivity contribution in [2.75, 3.05) is 6.61 Å². The Bertz CT molecular complexity index is 259. The smallest absolute Gasteiger partial charge is 0.305 e. The Morgan fingerprint density at radius 1 is 1.47 bits per heavy atom. The summed E-state index contributed by atoms with van der Waals surface area (Å²) >= 11 is 0. The van der Waals surface area contributed by atoms with E-state index in [2.05, 4.69) is 12.7 Å². The van der Waals surface area contributed by atoms with Crippen LogP contribution >= 0.6 is 0 Å². The fourth-order valence-corrected chi connectivity index (χ4v) is 3.32. The van der Waals surface area contributed by atoms with Gasteiger partial charge in [0.1, 0.15) is 0 Å². The SMILES string of the molecule is C=CC1CC2CC(COC(=O)CC)C1C2. The molecule has 2 aliphatic carbocycles. The monoisotopic (exact) mass is 208 g/mol. The Labute approximate surface area is 91.7 Å². The standard InChI is InChI=1S/C13H20O2/c1-3-10-5-9-6-11(12(10)7-9)8-15-13(14)4-2/h3,9-12H,1,4-8H2,2H3. The van der Waals surface area contributed by atoms with Crippen molar-refractivity contribution in [1.82, 2.24) is 0 Å². The van der Waals surface area contributed by atoms with Gasteiger partial charge in [-0.15, -0.1) is 6.58 Å². The molecule has 0 aromatic carbocycles. The number of rotatable bonds is 4. The minimum absolute atomic E-state index is 0.0621. The molecule has 2 aliphatic rings. The van der Waals surface area contributed by atoms with Crippen LogP contribution in [0.25, 0.3) is 0 Å². The summed E-state index contributed by atoms with van der Waals surface area (Å²) in [6.45, 7) is 6.38. The summed E-state index contributed by atoms with van der Waals surface area (Å²) in [4.78, 5) is 11.1. The number of carbonyl (C=O) groups is 1. The summed E-state index contributed by atoms with van der Waals surface area (Å²) < 4.78 is 5.25. The van der Waals surface area contributed by atoms with E-state index in [-0.39, 0.29) is 5.97 Å². The third kappa shape index (κ3) is 2.09. The van der Waals surface area contributed by atoms with Crippen LogP contribution in [-0.2, 0) is 9.53 Å². The molecule has 2 bridgehead atoms. The lowest BCUT2D eigenvalue weighted by molar-refractivity contribution is -0.145. The molecule has 0 aromatic heterocycles. The van der Waals surface area contributed by atoms with E-state index in [1.54, 1.807) is 0 Å². The van der Waals surface area contributed by atoms with Gasteiger partial charge < -0.3 is 4.74 Å². The number of ether oxygens (including phenoxy) is 1. The number of hydrogen-bond donors (Lipinski definition) is 0. The van der Waals surface area contributed by atoms with Crippen molar-refractivity contribution < 1.29 is 9.53 Å². The highest BCUT2D eigenvalue weighted by atomic mass is 16.5. The molecule has 2 fully saturated rings. The van der Waals surface area contributed by atoms with E-state index in [0.717, 1.165) is 11.8 Å². The average Bonchev–Trinajstić information content (AvgIpc) is 2.84. The highest BCUT2D eigenvalue weighted by Gasteiger charge is 2.45. The fourth-order valence-electron chi connectivity index (χ4n) is 3.32. The second-order valence-electron chi connectivity index (χ2n) is 4.93. The Morgan fingerprint density at radius 2 is 2.27 bits per heavy atom. The minimum atomic E-state index is -0.0621. The van der Waals surface area contributed by atoms with Crippen molar-refractivity contribution in [3.05, 3.63) is 12.7 Å². The summed E-state index contributed by atoms with van der Waals surface area (Å²) in [5.41, 5.74) is 0. The van der Waals surface area contributed by atoms with Gasteiger partial charge in [0.15, 0.2) is 0 Å². The molecule has 0 aromatic rings. The summed E-state index contributed by atoms with van der Waals surface area (Å²) in [6, 6.07) is 0. The first-order chi connectivity index (χ1) is 7.24. The third-order valence-electron chi connectivity index (χ3n) is 4.05. The highest BCUT2D eigenvalue weighted by Crippen LogP contribution is 2.52. The maximum atomic E-state index is 11.1. The van der Waals surface area contributed by atoms with Crippen LogP contribution in [0.4, 0.5) is 0 Å². The average molecular weight is 208 g/mol. The molecular formula is C13H20O2. The molecule has 2 saturated carbocycles. The summed E-state index contributed by atoms with van der Waals surface area (Å²) in [6.07, 6.45) is 6.48. The maximum Gasteiger partial charge on any atom is 0.305 e. The van der Waals surface area contributed by atoms with E-state index in [4.69, 9.17) is 4.74 Å². The van der Waals surface area contributed by atoms with Gasteiger partial charge in [-0.2, -0.15) is 0 Å². The van der Waals surface area contributed by atoms with Gasteiger partial charge in [0.25, 0.3) is 0 Å².